The molecule has 156 valence electrons. The number of nitrogens with zero attached hydrogens (tertiary/aromatic N) is 6. The van der Waals surface area contributed by atoms with Crippen molar-refractivity contribution in [2.75, 3.05) is 43.4 Å². The van der Waals surface area contributed by atoms with Gasteiger partial charge in [-0.3, -0.25) is 5.10 Å². The van der Waals surface area contributed by atoms with Crippen LogP contribution in [0.4, 0.5) is 26.5 Å². The van der Waals surface area contributed by atoms with Gasteiger partial charge in [-0.15, -0.1) is 0 Å². The van der Waals surface area contributed by atoms with Crippen LogP contribution < -0.4 is 10.2 Å². The fraction of sp³-hybridized carbons (Fsp3) is 0.300. The molecule has 0 unspecified atom stereocenters. The summed E-state index contributed by atoms with van der Waals surface area (Å²) in [5.74, 6) is 0.123. The molecule has 8 nitrogen and oxygen atoms in total. The number of nitrogens with one attached hydrogen (secondary N) is 2. The number of hydrogen-bond acceptors (Lipinski definition) is 7. The van der Waals surface area contributed by atoms with E-state index in [1.165, 1.54) is 6.07 Å². The number of halogens is 2. The van der Waals surface area contributed by atoms with Crippen LogP contribution in [0.25, 0.3) is 12.2 Å². The van der Waals surface area contributed by atoms with Crippen LogP contribution in [-0.2, 0) is 0 Å². The van der Waals surface area contributed by atoms with Gasteiger partial charge in [-0.25, -0.2) is 8.78 Å². The van der Waals surface area contributed by atoms with Crippen molar-refractivity contribution in [2.24, 2.45) is 0 Å². The molecule has 2 N–H and O–H groups in total. The fourth-order valence-corrected chi connectivity index (χ4v) is 3.04. The Bertz CT molecular complexity index is 1060. The van der Waals surface area contributed by atoms with Crippen molar-refractivity contribution in [3.05, 3.63) is 53.0 Å². The molecule has 1 fully saturated rings. The van der Waals surface area contributed by atoms with Crippen molar-refractivity contribution >= 4 is 29.9 Å². The molecule has 3 heterocycles. The second-order valence-corrected chi connectivity index (χ2v) is 7.18. The monoisotopic (exact) mass is 412 g/mol. The number of likely N-dealkylation sites (N-methyl/N-ethyl adjacent to an activating group) is 1. The maximum Gasteiger partial charge on any atom is 0.233 e. The first-order chi connectivity index (χ1) is 14.5. The van der Waals surface area contributed by atoms with E-state index in [2.05, 4.69) is 47.3 Å². The highest BCUT2D eigenvalue weighted by atomic mass is 19.2. The van der Waals surface area contributed by atoms with E-state index >= 15 is 0 Å². The van der Waals surface area contributed by atoms with E-state index in [-0.39, 0.29) is 0 Å². The molecule has 1 saturated heterocycles. The van der Waals surface area contributed by atoms with E-state index < -0.39 is 11.6 Å². The Morgan fingerprint density at radius 2 is 1.80 bits per heavy atom. The maximum absolute atomic E-state index is 13.5. The van der Waals surface area contributed by atoms with Crippen molar-refractivity contribution in [3.63, 3.8) is 0 Å². The van der Waals surface area contributed by atoms with Gasteiger partial charge >= 0.3 is 0 Å². The first kappa shape index (κ1) is 19.9. The summed E-state index contributed by atoms with van der Waals surface area (Å²) < 4.78 is 26.6. The number of rotatable bonds is 5. The third-order valence-electron chi connectivity index (χ3n) is 4.74. The first-order valence-electron chi connectivity index (χ1n) is 9.58. The van der Waals surface area contributed by atoms with Gasteiger partial charge in [-0.1, -0.05) is 12.1 Å². The Hall–Kier alpha value is -3.40. The summed E-state index contributed by atoms with van der Waals surface area (Å²) >= 11 is 0. The number of piperazine rings is 1. The van der Waals surface area contributed by atoms with E-state index in [0.29, 0.717) is 29.1 Å². The Morgan fingerprint density at radius 3 is 2.50 bits per heavy atom. The second kappa shape index (κ2) is 8.54. The predicted molar refractivity (Wildman–Crippen MR) is 111 cm³/mol. The van der Waals surface area contributed by atoms with Crippen LogP contribution in [-0.4, -0.2) is 63.3 Å². The molecule has 0 bridgehead atoms. The van der Waals surface area contributed by atoms with Crippen molar-refractivity contribution in [3.8, 4) is 0 Å². The molecule has 30 heavy (non-hydrogen) atoms. The van der Waals surface area contributed by atoms with Crippen molar-refractivity contribution < 1.29 is 8.78 Å². The molecule has 4 rings (SSSR count). The van der Waals surface area contributed by atoms with Crippen LogP contribution in [0.1, 0.15) is 17.1 Å². The minimum atomic E-state index is -0.901. The van der Waals surface area contributed by atoms with Gasteiger partial charge < -0.3 is 15.1 Å². The minimum Gasteiger partial charge on any atom is -0.338 e. The normalized spacial score (nSPS) is 15.1. The van der Waals surface area contributed by atoms with E-state index in [1.54, 1.807) is 12.2 Å². The van der Waals surface area contributed by atoms with E-state index in [9.17, 15) is 8.78 Å². The highest BCUT2D eigenvalue weighted by Gasteiger charge is 2.18. The van der Waals surface area contributed by atoms with E-state index in [0.717, 1.165) is 44.0 Å². The van der Waals surface area contributed by atoms with Crippen LogP contribution in [0, 0.1) is 18.6 Å². The smallest absolute Gasteiger partial charge is 0.233 e. The van der Waals surface area contributed by atoms with Gasteiger partial charge in [0.1, 0.15) is 0 Å². The molecule has 3 aromatic rings. The molecule has 10 heteroatoms. The van der Waals surface area contributed by atoms with Gasteiger partial charge in [0.15, 0.2) is 23.3 Å². The van der Waals surface area contributed by atoms with Crippen LogP contribution in [0.5, 0.6) is 0 Å². The topological polar surface area (TPSA) is 85.9 Å². The van der Waals surface area contributed by atoms with Gasteiger partial charge in [0.05, 0.1) is 0 Å². The third kappa shape index (κ3) is 4.77. The van der Waals surface area contributed by atoms with E-state index in [1.807, 2.05) is 13.0 Å². The largest absolute Gasteiger partial charge is 0.338 e. The maximum atomic E-state index is 13.5. The zero-order valence-electron chi connectivity index (χ0n) is 16.7. The summed E-state index contributed by atoms with van der Waals surface area (Å²) in [6.07, 6.45) is 3.28. The first-order valence-corrected chi connectivity index (χ1v) is 9.58. The fourth-order valence-electron chi connectivity index (χ4n) is 3.04. The molecule has 0 saturated carbocycles. The Kier molecular flexibility index (Phi) is 5.66. The van der Waals surface area contributed by atoms with Crippen molar-refractivity contribution in [1.29, 1.82) is 0 Å². The molecule has 0 amide bonds. The molecule has 0 atom stereocenters. The number of aromatic nitrogens is 5. The van der Waals surface area contributed by atoms with Crippen LogP contribution in [0.3, 0.4) is 0 Å². The van der Waals surface area contributed by atoms with Crippen LogP contribution in [0.15, 0.2) is 24.3 Å². The molecule has 0 aliphatic carbocycles. The molecule has 2 aromatic heterocycles. The number of H-pyrrole nitrogens is 1. The Morgan fingerprint density at radius 1 is 1.00 bits per heavy atom. The van der Waals surface area contributed by atoms with Gasteiger partial charge in [0.25, 0.3) is 0 Å². The number of benzene rings is 1. The molecule has 1 aromatic carbocycles. The number of anilines is 3. The molecular weight excluding hydrogens is 390 g/mol. The molecule has 0 spiro atoms. The molecular formula is C20H22F2N8. The van der Waals surface area contributed by atoms with Gasteiger partial charge in [0.2, 0.25) is 11.9 Å². The van der Waals surface area contributed by atoms with Gasteiger partial charge in [-0.05, 0) is 37.7 Å². The lowest BCUT2D eigenvalue weighted by Crippen LogP contribution is -2.45. The molecule has 0 radical (unpaired) electrons. The van der Waals surface area contributed by atoms with Crippen LogP contribution >= 0.6 is 0 Å². The summed E-state index contributed by atoms with van der Waals surface area (Å²) in [5, 5.41) is 10.1. The van der Waals surface area contributed by atoms with Crippen molar-refractivity contribution in [2.45, 2.75) is 6.92 Å². The Balaban J connectivity index is 1.63. The second-order valence-electron chi connectivity index (χ2n) is 7.18. The summed E-state index contributed by atoms with van der Waals surface area (Å²) in [6, 6.07) is 5.55. The third-order valence-corrected chi connectivity index (χ3v) is 4.74. The standard InChI is InChI=1S/C20H22F2N8/c1-13-11-18(28-27-13)24-19-23-17(6-4-14-3-5-15(21)16(22)12-14)25-20(26-19)30-9-7-29(2)8-10-30/h3-6,11-12H,7-10H2,1-2H3,(H2,23,24,25,26,27,28)/b6-4+. The lowest BCUT2D eigenvalue weighted by Gasteiger charge is -2.32. The summed E-state index contributed by atoms with van der Waals surface area (Å²) in [5.41, 5.74) is 1.41. The summed E-state index contributed by atoms with van der Waals surface area (Å²) in [4.78, 5) is 17.9. The molecule has 1 aliphatic rings. The SMILES string of the molecule is Cc1cc(Nc2nc(/C=C/c3ccc(F)c(F)c3)nc(N3CCN(C)CC3)n2)n[nH]1. The lowest BCUT2D eigenvalue weighted by molar-refractivity contribution is 0.311. The quantitative estimate of drug-likeness (QED) is 0.666. The Labute approximate surface area is 172 Å². The van der Waals surface area contributed by atoms with Crippen molar-refractivity contribution in [1.82, 2.24) is 30.0 Å². The zero-order chi connectivity index (χ0) is 21.1. The average molecular weight is 412 g/mol. The molecule has 1 aliphatic heterocycles. The highest BCUT2D eigenvalue weighted by Crippen LogP contribution is 2.18. The average Bonchev–Trinajstić information content (AvgIpc) is 3.14. The minimum absolute atomic E-state index is 0.357. The lowest BCUT2D eigenvalue weighted by atomic mass is 10.2. The van der Waals surface area contributed by atoms with Gasteiger partial charge in [-0.2, -0.15) is 20.1 Å². The summed E-state index contributed by atoms with van der Waals surface area (Å²) in [7, 11) is 2.08. The predicted octanol–water partition coefficient (Wildman–Crippen LogP) is 2.85. The number of aryl methyl sites for hydroxylation is 1. The van der Waals surface area contributed by atoms with E-state index in [4.69, 9.17) is 0 Å². The number of aromatic amines is 1. The summed E-state index contributed by atoms with van der Waals surface area (Å²) in [6.45, 7) is 5.32. The highest BCUT2D eigenvalue weighted by molar-refractivity contribution is 5.67. The number of hydrogen-bond donors (Lipinski definition) is 2. The zero-order valence-corrected chi connectivity index (χ0v) is 16.7. The van der Waals surface area contributed by atoms with Gasteiger partial charge in [0, 0.05) is 37.9 Å². The van der Waals surface area contributed by atoms with Crippen LogP contribution in [0.2, 0.25) is 0 Å².